The molecule has 0 fully saturated rings. The highest BCUT2D eigenvalue weighted by Gasteiger charge is 2.19. The molecule has 0 saturated carbocycles. The molecule has 0 bridgehead atoms. The molecule has 0 aliphatic carbocycles. The summed E-state index contributed by atoms with van der Waals surface area (Å²) >= 11 is 1.57. The molecule has 4 heteroatoms. The molecule has 0 unspecified atom stereocenters. The maximum atomic E-state index is 12.3. The number of rotatable bonds is 5. The van der Waals surface area contributed by atoms with Gasteiger partial charge in [-0.2, -0.15) is 5.26 Å². The van der Waals surface area contributed by atoms with E-state index in [9.17, 15) is 4.79 Å². The molecule has 1 rings (SSSR count). The number of thiophene rings is 1. The first kappa shape index (κ1) is 14.7. The number of nitrogens with zero attached hydrogens (tertiary/aromatic N) is 2. The lowest BCUT2D eigenvalue weighted by Crippen LogP contribution is -2.33. The number of carbonyl (C=O) groups excluding carboxylic acids is 1. The minimum absolute atomic E-state index is 0.0485. The van der Waals surface area contributed by atoms with Crippen LogP contribution in [-0.2, 0) is 6.42 Å². The largest absolute Gasteiger partial charge is 0.337 e. The van der Waals surface area contributed by atoms with Crippen LogP contribution >= 0.6 is 11.3 Å². The average Bonchev–Trinajstić information content (AvgIpc) is 2.76. The molecule has 0 aliphatic heterocycles. The van der Waals surface area contributed by atoms with Crippen LogP contribution in [0.2, 0.25) is 0 Å². The molecule has 1 aromatic rings. The van der Waals surface area contributed by atoms with Crippen molar-refractivity contribution in [3.63, 3.8) is 0 Å². The van der Waals surface area contributed by atoms with Gasteiger partial charge in [-0.3, -0.25) is 4.79 Å². The lowest BCUT2D eigenvalue weighted by Gasteiger charge is -2.21. The smallest absolute Gasteiger partial charge is 0.263 e. The number of aryl methyl sites for hydroxylation is 2. The number of hydrogen-bond donors (Lipinski definition) is 0. The second-order valence-electron chi connectivity index (χ2n) is 4.44. The molecule has 3 nitrogen and oxygen atoms in total. The van der Waals surface area contributed by atoms with Crippen molar-refractivity contribution in [2.24, 2.45) is 5.92 Å². The van der Waals surface area contributed by atoms with E-state index in [2.05, 4.69) is 13.0 Å². The second-order valence-corrected chi connectivity index (χ2v) is 5.58. The van der Waals surface area contributed by atoms with Crippen molar-refractivity contribution in [3.8, 4) is 6.07 Å². The van der Waals surface area contributed by atoms with Crippen molar-refractivity contribution in [3.05, 3.63) is 21.4 Å². The zero-order valence-corrected chi connectivity index (χ0v) is 12.3. The van der Waals surface area contributed by atoms with Crippen LogP contribution in [0.1, 0.15) is 40.9 Å². The van der Waals surface area contributed by atoms with Crippen molar-refractivity contribution in [1.82, 2.24) is 4.90 Å². The van der Waals surface area contributed by atoms with Gasteiger partial charge in [0, 0.05) is 18.0 Å². The summed E-state index contributed by atoms with van der Waals surface area (Å²) in [5, 5.41) is 8.83. The maximum absolute atomic E-state index is 12.3. The molecular formula is C14H20N2OS. The highest BCUT2D eigenvalue weighted by molar-refractivity contribution is 7.14. The lowest BCUT2D eigenvalue weighted by atomic mass is 10.2. The monoisotopic (exact) mass is 264 g/mol. The fraction of sp³-hybridized carbons (Fsp3) is 0.571. The van der Waals surface area contributed by atoms with Gasteiger partial charge in [0.2, 0.25) is 0 Å². The van der Waals surface area contributed by atoms with E-state index in [1.165, 1.54) is 10.4 Å². The fourth-order valence-electron chi connectivity index (χ4n) is 1.86. The van der Waals surface area contributed by atoms with Crippen LogP contribution in [-0.4, -0.2) is 23.9 Å². The third kappa shape index (κ3) is 3.33. The predicted octanol–water partition coefficient (Wildman–Crippen LogP) is 3.24. The molecule has 1 atom stereocenters. The van der Waals surface area contributed by atoms with Crippen LogP contribution in [0, 0.1) is 24.2 Å². The summed E-state index contributed by atoms with van der Waals surface area (Å²) < 4.78 is 0. The van der Waals surface area contributed by atoms with Gasteiger partial charge in [-0.15, -0.1) is 11.3 Å². The molecule has 1 aromatic heterocycles. The van der Waals surface area contributed by atoms with Crippen LogP contribution in [0.15, 0.2) is 6.07 Å². The van der Waals surface area contributed by atoms with E-state index in [1.54, 1.807) is 16.2 Å². The van der Waals surface area contributed by atoms with E-state index in [0.29, 0.717) is 13.1 Å². The van der Waals surface area contributed by atoms with Crippen LogP contribution < -0.4 is 0 Å². The Kier molecular flexibility index (Phi) is 5.36. The van der Waals surface area contributed by atoms with Gasteiger partial charge in [0.1, 0.15) is 0 Å². The fourth-order valence-corrected chi connectivity index (χ4v) is 2.94. The third-order valence-corrected chi connectivity index (χ3v) is 4.31. The molecule has 98 valence electrons. The predicted molar refractivity (Wildman–Crippen MR) is 74.8 cm³/mol. The Bertz CT molecular complexity index is 459. The first-order valence-electron chi connectivity index (χ1n) is 6.31. The normalized spacial score (nSPS) is 11.9. The molecule has 0 aromatic carbocycles. The van der Waals surface area contributed by atoms with Gasteiger partial charge in [0.05, 0.1) is 16.9 Å². The molecular weight excluding hydrogens is 244 g/mol. The topological polar surface area (TPSA) is 44.1 Å². The van der Waals surface area contributed by atoms with Crippen LogP contribution in [0.25, 0.3) is 0 Å². The molecule has 0 radical (unpaired) electrons. The number of nitriles is 1. The summed E-state index contributed by atoms with van der Waals surface area (Å²) in [6.07, 6.45) is 0.963. The zero-order chi connectivity index (χ0) is 13.7. The van der Waals surface area contributed by atoms with Crippen LogP contribution in [0.5, 0.6) is 0 Å². The van der Waals surface area contributed by atoms with E-state index in [0.717, 1.165) is 11.3 Å². The summed E-state index contributed by atoms with van der Waals surface area (Å²) in [5.41, 5.74) is 1.19. The molecule has 0 N–H and O–H groups in total. The average molecular weight is 264 g/mol. The van der Waals surface area contributed by atoms with Gasteiger partial charge in [0.25, 0.3) is 5.91 Å². The van der Waals surface area contributed by atoms with Gasteiger partial charge in [-0.1, -0.05) is 6.92 Å². The Morgan fingerprint density at radius 2 is 2.22 bits per heavy atom. The van der Waals surface area contributed by atoms with Gasteiger partial charge in [-0.25, -0.2) is 0 Å². The van der Waals surface area contributed by atoms with E-state index < -0.39 is 0 Å². The van der Waals surface area contributed by atoms with Crippen molar-refractivity contribution in [1.29, 1.82) is 5.26 Å². The number of carbonyl (C=O) groups is 1. The summed E-state index contributed by atoms with van der Waals surface area (Å²) in [5.74, 6) is -0.0759. The molecule has 1 amide bonds. The Labute approximate surface area is 113 Å². The number of amides is 1. The minimum atomic E-state index is -0.124. The van der Waals surface area contributed by atoms with Gasteiger partial charge in [0.15, 0.2) is 0 Å². The van der Waals surface area contributed by atoms with Crippen molar-refractivity contribution in [2.45, 2.75) is 34.1 Å². The quantitative estimate of drug-likeness (QED) is 0.819. The van der Waals surface area contributed by atoms with Gasteiger partial charge < -0.3 is 4.90 Å². The van der Waals surface area contributed by atoms with Gasteiger partial charge >= 0.3 is 0 Å². The standard InChI is InChI=1S/C14H20N2OS/c1-5-12-11(4)7-13(18-12)14(17)16(6-2)9-10(3)8-15/h7,10H,5-6,9H2,1-4H3/t10-/m1/s1. The summed E-state index contributed by atoms with van der Waals surface area (Å²) in [6.45, 7) is 9.08. The van der Waals surface area contributed by atoms with Crippen molar-refractivity contribution in [2.75, 3.05) is 13.1 Å². The first-order chi connectivity index (χ1) is 8.53. The van der Waals surface area contributed by atoms with Gasteiger partial charge in [-0.05, 0) is 38.8 Å². The second kappa shape index (κ2) is 6.55. The Morgan fingerprint density at radius 3 is 2.67 bits per heavy atom. The Hall–Kier alpha value is -1.34. The zero-order valence-electron chi connectivity index (χ0n) is 11.5. The molecule has 0 spiro atoms. The van der Waals surface area contributed by atoms with Crippen LogP contribution in [0.4, 0.5) is 0 Å². The highest BCUT2D eigenvalue weighted by atomic mass is 32.1. The minimum Gasteiger partial charge on any atom is -0.337 e. The molecule has 0 aliphatic rings. The van der Waals surface area contributed by atoms with Crippen LogP contribution in [0.3, 0.4) is 0 Å². The number of hydrogen-bond acceptors (Lipinski definition) is 3. The van der Waals surface area contributed by atoms with Crippen molar-refractivity contribution >= 4 is 17.2 Å². The highest BCUT2D eigenvalue weighted by Crippen LogP contribution is 2.23. The third-order valence-electron chi connectivity index (χ3n) is 2.94. The lowest BCUT2D eigenvalue weighted by molar-refractivity contribution is 0.0757. The first-order valence-corrected chi connectivity index (χ1v) is 7.13. The molecule has 0 saturated heterocycles. The summed E-state index contributed by atoms with van der Waals surface area (Å²) in [7, 11) is 0. The Morgan fingerprint density at radius 1 is 1.56 bits per heavy atom. The van der Waals surface area contributed by atoms with Crippen molar-refractivity contribution < 1.29 is 4.79 Å². The van der Waals surface area contributed by atoms with E-state index in [4.69, 9.17) is 5.26 Å². The summed E-state index contributed by atoms with van der Waals surface area (Å²) in [4.78, 5) is 16.1. The SMILES string of the molecule is CCc1sc(C(=O)N(CC)C[C@H](C)C#N)cc1C. The van der Waals surface area contributed by atoms with E-state index in [1.807, 2.05) is 26.8 Å². The Balaban J connectivity index is 2.86. The van der Waals surface area contributed by atoms with E-state index >= 15 is 0 Å². The molecule has 1 heterocycles. The van der Waals surface area contributed by atoms with E-state index in [-0.39, 0.29) is 11.8 Å². The molecule has 18 heavy (non-hydrogen) atoms. The summed E-state index contributed by atoms with van der Waals surface area (Å²) in [6, 6.07) is 4.14. The maximum Gasteiger partial charge on any atom is 0.263 e.